The number of hydrogen-bond acceptors (Lipinski definition) is 9. The highest BCUT2D eigenvalue weighted by Gasteiger charge is 2.30. The summed E-state index contributed by atoms with van der Waals surface area (Å²) >= 11 is 0. The lowest BCUT2D eigenvalue weighted by molar-refractivity contribution is -0.149. The molecule has 368 valence electrons. The molecule has 13 nitrogen and oxygen atoms in total. The van der Waals surface area contributed by atoms with Crippen LogP contribution in [0.3, 0.4) is 0 Å². The normalized spacial score (nSPS) is 12.0. The second-order valence-corrected chi connectivity index (χ2v) is 17.2. The van der Waals surface area contributed by atoms with Gasteiger partial charge in [0.15, 0.2) is 0 Å². The number of ether oxygens (including phenoxy) is 4. The van der Waals surface area contributed by atoms with Gasteiger partial charge in [0.2, 0.25) is 17.7 Å². The van der Waals surface area contributed by atoms with E-state index in [-0.39, 0.29) is 32.7 Å². The van der Waals surface area contributed by atoms with E-state index in [4.69, 9.17) is 18.9 Å². The molecule has 72 heavy (non-hydrogen) atoms. The largest absolute Gasteiger partial charge is 0.489 e. The Hall–Kier alpha value is -8.71. The molecule has 7 aromatic rings. The van der Waals surface area contributed by atoms with Crippen molar-refractivity contribution in [3.8, 4) is 22.6 Å². The lowest BCUT2D eigenvalue weighted by atomic mass is 9.96. The SMILES string of the molecule is Cc1cc(-c2ccc(OCc3ccccc3)c(CC(NC(=O)CNC(=O)C(C)NC(=O)OCc3ccccc3)C(=O)N[C@@H](Cc3ccccc3)C(=O)OCc3ccccc3)c2)ccc1OCc1ccccc1. The third-order valence-electron chi connectivity index (χ3n) is 11.6. The smallest absolute Gasteiger partial charge is 0.408 e. The Bertz CT molecular complexity index is 2870. The van der Waals surface area contributed by atoms with E-state index < -0.39 is 54.5 Å². The van der Waals surface area contributed by atoms with Crippen LogP contribution in [0.2, 0.25) is 0 Å². The van der Waals surface area contributed by atoms with Crippen LogP contribution in [0.5, 0.6) is 11.5 Å². The number of rotatable bonds is 23. The number of carbonyl (C=O) groups is 5. The molecule has 7 rings (SSSR count). The van der Waals surface area contributed by atoms with Gasteiger partial charge in [-0.25, -0.2) is 9.59 Å². The van der Waals surface area contributed by atoms with Gasteiger partial charge in [-0.2, -0.15) is 0 Å². The van der Waals surface area contributed by atoms with E-state index in [1.165, 1.54) is 6.92 Å². The van der Waals surface area contributed by atoms with Crippen molar-refractivity contribution < 1.29 is 42.9 Å². The molecule has 2 unspecified atom stereocenters. The Labute approximate surface area is 419 Å². The van der Waals surface area contributed by atoms with E-state index in [0.29, 0.717) is 17.9 Å². The summed E-state index contributed by atoms with van der Waals surface area (Å²) < 4.78 is 23.6. The summed E-state index contributed by atoms with van der Waals surface area (Å²) in [5, 5.41) is 10.7. The number of amides is 4. The minimum absolute atomic E-state index is 0.00180. The summed E-state index contributed by atoms with van der Waals surface area (Å²) in [6, 6.07) is 55.1. The molecule has 7 aromatic carbocycles. The lowest BCUT2D eigenvalue weighted by Gasteiger charge is -2.24. The molecule has 0 radical (unpaired) electrons. The first-order chi connectivity index (χ1) is 35.1. The maximum atomic E-state index is 14.7. The first kappa shape index (κ1) is 51.1. The first-order valence-corrected chi connectivity index (χ1v) is 23.7. The highest BCUT2D eigenvalue weighted by Crippen LogP contribution is 2.32. The van der Waals surface area contributed by atoms with Gasteiger partial charge in [-0.3, -0.25) is 14.4 Å². The number of esters is 1. The first-order valence-electron chi connectivity index (χ1n) is 23.7. The Balaban J connectivity index is 1.14. The molecule has 0 bridgehead atoms. The summed E-state index contributed by atoms with van der Waals surface area (Å²) in [5.41, 5.74) is 7.44. The van der Waals surface area contributed by atoms with Crippen LogP contribution in [0.4, 0.5) is 4.79 Å². The van der Waals surface area contributed by atoms with Gasteiger partial charge in [-0.15, -0.1) is 0 Å². The van der Waals surface area contributed by atoms with Gasteiger partial charge in [0.1, 0.15) is 56.1 Å². The number of alkyl carbamates (subject to hydrolysis) is 1. The van der Waals surface area contributed by atoms with Crippen molar-refractivity contribution >= 4 is 29.8 Å². The molecular weight excluding hydrogens is 909 g/mol. The molecule has 13 heteroatoms. The quantitative estimate of drug-likeness (QED) is 0.0458. The fourth-order valence-electron chi connectivity index (χ4n) is 7.67. The summed E-state index contributed by atoms with van der Waals surface area (Å²) in [6.45, 7) is 3.49. The number of carbonyl (C=O) groups excluding carboxylic acids is 5. The average Bonchev–Trinajstić information content (AvgIpc) is 3.41. The maximum Gasteiger partial charge on any atom is 0.408 e. The second kappa shape index (κ2) is 26.3. The van der Waals surface area contributed by atoms with Crippen molar-refractivity contribution in [3.05, 3.63) is 227 Å². The van der Waals surface area contributed by atoms with Crippen LogP contribution >= 0.6 is 0 Å². The van der Waals surface area contributed by atoms with Gasteiger partial charge in [0.05, 0.1) is 6.54 Å². The topological polar surface area (TPSA) is 170 Å². The second-order valence-electron chi connectivity index (χ2n) is 17.2. The Morgan fingerprint density at radius 1 is 0.458 bits per heavy atom. The van der Waals surface area contributed by atoms with E-state index >= 15 is 0 Å². The van der Waals surface area contributed by atoms with Crippen LogP contribution < -0.4 is 30.7 Å². The molecule has 0 aliphatic heterocycles. The van der Waals surface area contributed by atoms with Gasteiger partial charge in [-0.05, 0) is 88.2 Å². The van der Waals surface area contributed by atoms with E-state index in [1.807, 2.05) is 183 Å². The van der Waals surface area contributed by atoms with Crippen molar-refractivity contribution in [2.45, 2.75) is 71.2 Å². The van der Waals surface area contributed by atoms with Crippen LogP contribution in [0.1, 0.15) is 45.9 Å². The van der Waals surface area contributed by atoms with Crippen LogP contribution in [0.15, 0.2) is 188 Å². The molecule has 0 spiro atoms. The standard InChI is InChI=1S/C59H58N4O9/c1-41-32-48(28-30-53(41)69-37-44-20-10-4-11-21-44)49-29-31-54(70-38-45-22-12-5-13-23-45)50(34-49)35-51(62-55(64)36-60-56(65)42(2)61-59(68)72-40-47-26-16-7-17-27-47)57(66)63-52(33-43-18-8-3-9-19-43)58(67)71-39-46-24-14-6-15-25-46/h3-32,34,42,51-52H,33,35-40H2,1-2H3,(H,60,65)(H,61,68)(H,62,64)(H,63,66)/t42?,51?,52-/m0/s1. The van der Waals surface area contributed by atoms with E-state index in [2.05, 4.69) is 21.3 Å². The number of benzene rings is 7. The van der Waals surface area contributed by atoms with E-state index in [1.54, 1.807) is 12.1 Å². The number of nitrogens with one attached hydrogen (secondary N) is 4. The fraction of sp³-hybridized carbons (Fsp3) is 0.203. The zero-order valence-electron chi connectivity index (χ0n) is 40.3. The molecular formula is C59H58N4O9. The number of aryl methyl sites for hydroxylation is 1. The van der Waals surface area contributed by atoms with Gasteiger partial charge in [0, 0.05) is 12.8 Å². The minimum Gasteiger partial charge on any atom is -0.489 e. The third kappa shape index (κ3) is 15.9. The molecule has 0 aromatic heterocycles. The van der Waals surface area contributed by atoms with Crippen LogP contribution in [0, 0.1) is 6.92 Å². The molecule has 0 fully saturated rings. The number of hydrogen-bond donors (Lipinski definition) is 4. The van der Waals surface area contributed by atoms with Crippen molar-refractivity contribution in [3.63, 3.8) is 0 Å². The lowest BCUT2D eigenvalue weighted by Crippen LogP contribution is -2.55. The van der Waals surface area contributed by atoms with Crippen molar-refractivity contribution in [2.75, 3.05) is 6.54 Å². The van der Waals surface area contributed by atoms with Gasteiger partial charge in [-0.1, -0.05) is 164 Å². The van der Waals surface area contributed by atoms with Crippen molar-refractivity contribution in [1.29, 1.82) is 0 Å². The van der Waals surface area contributed by atoms with E-state index in [9.17, 15) is 24.0 Å². The minimum atomic E-state index is -1.30. The van der Waals surface area contributed by atoms with Crippen LogP contribution in [-0.4, -0.2) is 54.5 Å². The van der Waals surface area contributed by atoms with Crippen molar-refractivity contribution in [1.82, 2.24) is 21.3 Å². The van der Waals surface area contributed by atoms with E-state index in [0.717, 1.165) is 50.3 Å². The molecule has 0 heterocycles. The third-order valence-corrected chi connectivity index (χ3v) is 11.6. The summed E-state index contributed by atoms with van der Waals surface area (Å²) in [4.78, 5) is 68.2. The molecule has 0 aliphatic rings. The zero-order valence-corrected chi connectivity index (χ0v) is 40.3. The molecule has 0 saturated carbocycles. The summed E-state index contributed by atoms with van der Waals surface area (Å²) in [7, 11) is 0. The Kier molecular flexibility index (Phi) is 18.7. The van der Waals surface area contributed by atoms with Crippen molar-refractivity contribution in [2.24, 2.45) is 0 Å². The molecule has 3 atom stereocenters. The average molecular weight is 967 g/mol. The monoisotopic (exact) mass is 966 g/mol. The highest BCUT2D eigenvalue weighted by atomic mass is 16.5. The zero-order chi connectivity index (χ0) is 50.5. The molecule has 0 saturated heterocycles. The fourth-order valence-corrected chi connectivity index (χ4v) is 7.67. The molecule has 0 aliphatic carbocycles. The molecule has 4 amide bonds. The van der Waals surface area contributed by atoms with Crippen LogP contribution in [0.25, 0.3) is 11.1 Å². The summed E-state index contributed by atoms with van der Waals surface area (Å²) in [5.74, 6) is -1.53. The predicted octanol–water partition coefficient (Wildman–Crippen LogP) is 8.75. The predicted molar refractivity (Wildman–Crippen MR) is 274 cm³/mol. The Morgan fingerprint density at radius 3 is 1.47 bits per heavy atom. The Morgan fingerprint density at radius 2 is 0.931 bits per heavy atom. The highest BCUT2D eigenvalue weighted by molar-refractivity contribution is 5.93. The molecule has 4 N–H and O–H groups in total. The van der Waals surface area contributed by atoms with Gasteiger partial charge < -0.3 is 40.2 Å². The van der Waals surface area contributed by atoms with Gasteiger partial charge in [0.25, 0.3) is 0 Å². The summed E-state index contributed by atoms with van der Waals surface area (Å²) in [6.07, 6.45) is -0.811. The maximum absolute atomic E-state index is 14.7. The van der Waals surface area contributed by atoms with Gasteiger partial charge >= 0.3 is 12.1 Å². The van der Waals surface area contributed by atoms with Crippen LogP contribution in [-0.2, 0) is 67.9 Å².